The first-order valence-corrected chi connectivity index (χ1v) is 12.8. The average Bonchev–Trinajstić information content (AvgIpc) is 3.59. The lowest BCUT2D eigenvalue weighted by atomic mass is 9.85. The zero-order chi connectivity index (χ0) is 24.2. The molecular formula is C30H27N3O3. The number of aromatic nitrogens is 2. The Kier molecular flexibility index (Phi) is 4.94. The van der Waals surface area contributed by atoms with Crippen molar-refractivity contribution >= 4 is 17.5 Å². The van der Waals surface area contributed by atoms with Crippen LogP contribution in [0.25, 0.3) is 16.8 Å². The van der Waals surface area contributed by atoms with Gasteiger partial charge in [-0.25, -0.2) is 9.78 Å². The van der Waals surface area contributed by atoms with E-state index in [4.69, 9.17) is 4.74 Å². The third-order valence-electron chi connectivity index (χ3n) is 8.33. The van der Waals surface area contributed by atoms with Gasteiger partial charge in [0.2, 0.25) is 0 Å². The van der Waals surface area contributed by atoms with Crippen LogP contribution in [0.5, 0.6) is 0 Å². The Balaban J connectivity index is 1.05. The zero-order valence-corrected chi connectivity index (χ0v) is 19.9. The Morgan fingerprint density at radius 2 is 1.56 bits per heavy atom. The number of Topliss-reactive ketones (excluding diaryl/α,β-unsaturated/α-hetero) is 1. The molecule has 7 rings (SSSR count). The Labute approximate surface area is 209 Å². The van der Waals surface area contributed by atoms with E-state index in [1.165, 1.54) is 22.3 Å². The summed E-state index contributed by atoms with van der Waals surface area (Å²) < 4.78 is 7.87. The number of imidazole rings is 1. The molecule has 2 aromatic heterocycles. The van der Waals surface area contributed by atoms with Gasteiger partial charge in [-0.2, -0.15) is 0 Å². The molecule has 6 heteroatoms. The number of carbonyl (C=O) groups excluding carboxylic acids is 2. The molecule has 2 atom stereocenters. The van der Waals surface area contributed by atoms with Gasteiger partial charge in [0.05, 0.1) is 0 Å². The van der Waals surface area contributed by atoms with Gasteiger partial charge < -0.3 is 14.0 Å². The van der Waals surface area contributed by atoms with Crippen LogP contribution < -0.4 is 0 Å². The van der Waals surface area contributed by atoms with Crippen LogP contribution in [-0.4, -0.2) is 44.9 Å². The molecule has 4 heterocycles. The molecule has 3 aliphatic rings. The summed E-state index contributed by atoms with van der Waals surface area (Å²) in [6.45, 7) is 0.329. The SMILES string of the molecule is O=C(c1ccn2ccnc2c1)C1CC2CCC(C1)N2C(=O)OCC1c2ccccc2-c2ccccc21. The lowest BCUT2D eigenvalue weighted by molar-refractivity contribution is 0.0506. The molecule has 2 aromatic carbocycles. The Morgan fingerprint density at radius 3 is 2.25 bits per heavy atom. The predicted molar refractivity (Wildman–Crippen MR) is 136 cm³/mol. The van der Waals surface area contributed by atoms with Crippen LogP contribution in [0.1, 0.15) is 53.1 Å². The first kappa shape index (κ1) is 21.4. The highest BCUT2D eigenvalue weighted by molar-refractivity contribution is 5.98. The molecule has 0 saturated carbocycles. The van der Waals surface area contributed by atoms with Gasteiger partial charge in [-0.1, -0.05) is 48.5 Å². The number of amides is 1. The zero-order valence-electron chi connectivity index (χ0n) is 19.9. The standard InChI is InChI=1S/C30H27N3O3/c34-29(19-11-13-32-14-12-31-28(32)17-19)20-15-21-9-10-22(16-20)33(21)30(35)36-18-27-25-7-3-1-5-23(25)24-6-2-4-8-26(24)27/h1-8,11-14,17,20-22,27H,9-10,15-16,18H2. The molecule has 2 bridgehead atoms. The third kappa shape index (κ3) is 3.35. The molecule has 1 amide bonds. The fourth-order valence-corrected chi connectivity index (χ4v) is 6.66. The number of ether oxygens (including phenoxy) is 1. The van der Waals surface area contributed by atoms with Crippen LogP contribution in [0.3, 0.4) is 0 Å². The van der Waals surface area contributed by atoms with Gasteiger partial charge >= 0.3 is 6.09 Å². The van der Waals surface area contributed by atoms with Gasteiger partial charge in [0.1, 0.15) is 12.3 Å². The van der Waals surface area contributed by atoms with Gasteiger partial charge in [0.15, 0.2) is 5.78 Å². The predicted octanol–water partition coefficient (Wildman–Crippen LogP) is 5.71. The minimum atomic E-state index is -0.242. The maximum Gasteiger partial charge on any atom is 0.410 e. The van der Waals surface area contributed by atoms with Crippen LogP contribution >= 0.6 is 0 Å². The largest absolute Gasteiger partial charge is 0.448 e. The van der Waals surface area contributed by atoms with E-state index in [9.17, 15) is 9.59 Å². The molecule has 180 valence electrons. The Bertz CT molecular complexity index is 1430. The fraction of sp³-hybridized carbons (Fsp3) is 0.300. The molecule has 0 N–H and O–H groups in total. The average molecular weight is 478 g/mol. The summed E-state index contributed by atoms with van der Waals surface area (Å²) >= 11 is 0. The normalized spacial score (nSPS) is 22.4. The van der Waals surface area contributed by atoms with E-state index in [-0.39, 0.29) is 35.8 Å². The number of carbonyl (C=O) groups is 2. The summed E-state index contributed by atoms with van der Waals surface area (Å²) in [6, 6.07) is 20.6. The molecule has 6 nitrogen and oxygen atoms in total. The van der Waals surface area contributed by atoms with E-state index in [1.807, 2.05) is 46.0 Å². The van der Waals surface area contributed by atoms with E-state index >= 15 is 0 Å². The molecule has 2 unspecified atom stereocenters. The Hall–Kier alpha value is -3.93. The van der Waals surface area contributed by atoms with Crippen molar-refractivity contribution in [2.75, 3.05) is 6.61 Å². The quantitative estimate of drug-likeness (QED) is 0.353. The molecule has 2 fully saturated rings. The number of nitrogens with zero attached hydrogens (tertiary/aromatic N) is 3. The highest BCUT2D eigenvalue weighted by atomic mass is 16.6. The van der Waals surface area contributed by atoms with Gasteiger partial charge in [-0.05, 0) is 60.1 Å². The van der Waals surface area contributed by atoms with E-state index in [2.05, 4.69) is 41.4 Å². The number of pyridine rings is 1. The van der Waals surface area contributed by atoms with Crippen molar-refractivity contribution in [1.82, 2.24) is 14.3 Å². The number of hydrogen-bond acceptors (Lipinski definition) is 4. The van der Waals surface area contributed by atoms with Crippen LogP contribution in [-0.2, 0) is 4.74 Å². The van der Waals surface area contributed by atoms with Crippen LogP contribution in [0.4, 0.5) is 4.79 Å². The fourth-order valence-electron chi connectivity index (χ4n) is 6.66. The summed E-state index contributed by atoms with van der Waals surface area (Å²) in [6.07, 6.45) is 8.49. The van der Waals surface area contributed by atoms with E-state index in [0.717, 1.165) is 18.5 Å². The first-order valence-electron chi connectivity index (χ1n) is 12.8. The van der Waals surface area contributed by atoms with Crippen molar-refractivity contribution < 1.29 is 14.3 Å². The highest BCUT2D eigenvalue weighted by Crippen LogP contribution is 2.45. The molecule has 1 aliphatic carbocycles. The maximum absolute atomic E-state index is 13.3. The van der Waals surface area contributed by atoms with E-state index in [0.29, 0.717) is 25.0 Å². The Morgan fingerprint density at radius 1 is 0.889 bits per heavy atom. The minimum absolute atomic E-state index is 0.0516. The van der Waals surface area contributed by atoms with Crippen molar-refractivity contribution in [1.29, 1.82) is 0 Å². The van der Waals surface area contributed by atoms with Crippen molar-refractivity contribution in [3.63, 3.8) is 0 Å². The molecule has 36 heavy (non-hydrogen) atoms. The molecule has 2 saturated heterocycles. The van der Waals surface area contributed by atoms with Crippen molar-refractivity contribution in [3.8, 4) is 11.1 Å². The summed E-state index contributed by atoms with van der Waals surface area (Å²) in [4.78, 5) is 32.9. The summed E-state index contributed by atoms with van der Waals surface area (Å²) in [5, 5.41) is 0. The van der Waals surface area contributed by atoms with Crippen molar-refractivity contribution in [2.24, 2.45) is 5.92 Å². The molecule has 0 spiro atoms. The molecular weight excluding hydrogens is 450 g/mol. The minimum Gasteiger partial charge on any atom is -0.448 e. The van der Waals surface area contributed by atoms with Crippen LogP contribution in [0.15, 0.2) is 79.3 Å². The number of piperidine rings is 1. The van der Waals surface area contributed by atoms with E-state index in [1.54, 1.807) is 6.20 Å². The number of ketones is 1. The van der Waals surface area contributed by atoms with Crippen molar-refractivity contribution in [3.05, 3.63) is 95.9 Å². The smallest absolute Gasteiger partial charge is 0.410 e. The van der Waals surface area contributed by atoms with Crippen LogP contribution in [0.2, 0.25) is 0 Å². The highest BCUT2D eigenvalue weighted by Gasteiger charge is 2.46. The third-order valence-corrected chi connectivity index (χ3v) is 8.33. The van der Waals surface area contributed by atoms with Gasteiger partial charge in [0.25, 0.3) is 0 Å². The van der Waals surface area contributed by atoms with Gasteiger partial charge in [0, 0.05) is 48.1 Å². The molecule has 0 radical (unpaired) electrons. The number of rotatable bonds is 4. The summed E-state index contributed by atoms with van der Waals surface area (Å²) in [7, 11) is 0. The van der Waals surface area contributed by atoms with Gasteiger partial charge in [-0.15, -0.1) is 0 Å². The van der Waals surface area contributed by atoms with Crippen molar-refractivity contribution in [2.45, 2.75) is 43.7 Å². The summed E-state index contributed by atoms with van der Waals surface area (Å²) in [5.74, 6) is 0.137. The molecule has 2 aliphatic heterocycles. The first-order chi connectivity index (χ1) is 17.7. The van der Waals surface area contributed by atoms with E-state index < -0.39 is 0 Å². The monoisotopic (exact) mass is 477 g/mol. The second kappa shape index (κ2) is 8.33. The lowest BCUT2D eigenvalue weighted by Gasteiger charge is -2.37. The maximum atomic E-state index is 13.3. The lowest BCUT2D eigenvalue weighted by Crippen LogP contribution is -2.48. The van der Waals surface area contributed by atoms with Crippen LogP contribution in [0, 0.1) is 5.92 Å². The second-order valence-electron chi connectivity index (χ2n) is 10.2. The topological polar surface area (TPSA) is 63.9 Å². The second-order valence-corrected chi connectivity index (χ2v) is 10.2. The number of benzene rings is 2. The van der Waals surface area contributed by atoms with Gasteiger partial charge in [-0.3, -0.25) is 4.79 Å². The number of hydrogen-bond donors (Lipinski definition) is 0. The number of fused-ring (bicyclic) bond motifs is 6. The molecule has 4 aromatic rings. The summed E-state index contributed by atoms with van der Waals surface area (Å²) in [5.41, 5.74) is 6.36.